The number of Topliss-reactive ketones (excluding diaryl/α,β-unsaturated/α-hetero) is 1. The van der Waals surface area contributed by atoms with Gasteiger partial charge >= 0.3 is 0 Å². The topological polar surface area (TPSA) is 94.7 Å². The minimum atomic E-state index is -1.62. The molecule has 2 fully saturated rings. The molecule has 1 saturated heterocycles. The van der Waals surface area contributed by atoms with E-state index < -0.39 is 29.3 Å². The summed E-state index contributed by atoms with van der Waals surface area (Å²) in [7, 11) is 1.60. The van der Waals surface area contributed by atoms with Crippen LogP contribution in [-0.4, -0.2) is 60.0 Å². The number of ether oxygens (including phenoxy) is 1. The number of aromatic amines is 1. The number of aliphatic hydroxyl groups is 1. The molecule has 1 spiro atoms. The van der Waals surface area contributed by atoms with Gasteiger partial charge in [-0.3, -0.25) is 9.59 Å². The Labute approximate surface area is 215 Å². The number of aromatic nitrogens is 1. The van der Waals surface area contributed by atoms with Gasteiger partial charge in [0.25, 0.3) is 5.91 Å². The monoisotopic (exact) mass is 505 g/mol. The maximum atomic E-state index is 14.9. The standard InChI is InChI=1S/C29H32FN3O4/c1-37-19-9-10-21-23(15-19)32-25-24(21)28(11-13-31-14-12-28)16-33(27(36)20-7-2-3-8-22(20)30)29(25,17-34)26(35)18-5-4-6-18/h2-3,7-10,15,18,31-32,34H,4-6,11-14,16-17H2,1H3. The number of nitrogens with one attached hydrogen (secondary N) is 2. The van der Waals surface area contributed by atoms with E-state index in [1.807, 2.05) is 18.2 Å². The summed E-state index contributed by atoms with van der Waals surface area (Å²) < 4.78 is 20.4. The summed E-state index contributed by atoms with van der Waals surface area (Å²) >= 11 is 0. The van der Waals surface area contributed by atoms with Crippen LogP contribution in [0.4, 0.5) is 4.39 Å². The maximum absolute atomic E-state index is 14.9. The molecular weight excluding hydrogens is 473 g/mol. The number of amides is 1. The summed E-state index contributed by atoms with van der Waals surface area (Å²) in [5.41, 5.74) is 0.183. The fourth-order valence-electron chi connectivity index (χ4n) is 6.66. The number of nitrogens with zero attached hydrogens (tertiary/aromatic N) is 1. The van der Waals surface area contributed by atoms with Crippen molar-refractivity contribution in [2.45, 2.75) is 43.1 Å². The highest BCUT2D eigenvalue weighted by Gasteiger charge is 2.60. The van der Waals surface area contributed by atoms with Gasteiger partial charge in [-0.15, -0.1) is 0 Å². The van der Waals surface area contributed by atoms with Crippen molar-refractivity contribution in [3.63, 3.8) is 0 Å². The number of hydrogen-bond donors (Lipinski definition) is 3. The van der Waals surface area contributed by atoms with Crippen molar-refractivity contribution in [2.24, 2.45) is 5.92 Å². The molecule has 6 rings (SSSR count). The van der Waals surface area contributed by atoms with Gasteiger partial charge in [-0.05, 0) is 68.6 Å². The lowest BCUT2D eigenvalue weighted by molar-refractivity contribution is -0.142. The van der Waals surface area contributed by atoms with Crippen LogP contribution < -0.4 is 10.1 Å². The highest BCUT2D eigenvalue weighted by molar-refractivity contribution is 6.03. The lowest BCUT2D eigenvalue weighted by Gasteiger charge is -2.54. The molecule has 2 aromatic carbocycles. The Morgan fingerprint density at radius 1 is 1.16 bits per heavy atom. The van der Waals surface area contributed by atoms with E-state index in [1.165, 1.54) is 17.0 Å². The number of carbonyl (C=O) groups is 2. The van der Waals surface area contributed by atoms with E-state index in [4.69, 9.17) is 4.74 Å². The van der Waals surface area contributed by atoms with Crippen molar-refractivity contribution in [1.82, 2.24) is 15.2 Å². The largest absolute Gasteiger partial charge is 0.497 e. The van der Waals surface area contributed by atoms with Crippen molar-refractivity contribution in [3.8, 4) is 5.75 Å². The average molecular weight is 506 g/mol. The van der Waals surface area contributed by atoms with Crippen LogP contribution in [0.1, 0.15) is 53.7 Å². The Kier molecular flexibility index (Phi) is 5.84. The molecule has 3 aromatic rings. The van der Waals surface area contributed by atoms with E-state index >= 15 is 0 Å². The third-order valence-corrected chi connectivity index (χ3v) is 8.89. The van der Waals surface area contributed by atoms with Crippen LogP contribution in [0.5, 0.6) is 5.75 Å². The van der Waals surface area contributed by atoms with Gasteiger partial charge in [-0.1, -0.05) is 18.6 Å². The SMILES string of the molecule is COc1ccc2c3c([nH]c2c1)C(CO)(C(=O)C1CCC1)N(C(=O)c1ccccc1F)CC31CCNCC1. The second kappa shape index (κ2) is 8.96. The summed E-state index contributed by atoms with van der Waals surface area (Å²) in [5.74, 6) is -0.959. The first kappa shape index (κ1) is 24.1. The number of methoxy groups -OCH3 is 1. The Morgan fingerprint density at radius 2 is 1.92 bits per heavy atom. The number of halogens is 1. The summed E-state index contributed by atoms with van der Waals surface area (Å²) in [4.78, 5) is 33.4. The third kappa shape index (κ3) is 3.45. The fraction of sp³-hybridized carbons (Fsp3) is 0.448. The van der Waals surface area contributed by atoms with Crippen LogP contribution in [0, 0.1) is 11.7 Å². The van der Waals surface area contributed by atoms with E-state index in [1.54, 1.807) is 19.2 Å². The average Bonchev–Trinajstić information content (AvgIpc) is 3.28. The first-order valence-corrected chi connectivity index (χ1v) is 13.1. The molecule has 2 aliphatic heterocycles. The van der Waals surface area contributed by atoms with E-state index in [0.717, 1.165) is 61.7 Å². The van der Waals surface area contributed by atoms with Gasteiger partial charge < -0.3 is 25.0 Å². The van der Waals surface area contributed by atoms with Crippen LogP contribution in [-0.2, 0) is 15.7 Å². The van der Waals surface area contributed by atoms with Gasteiger partial charge in [0.15, 0.2) is 11.3 Å². The van der Waals surface area contributed by atoms with Crippen molar-refractivity contribution in [2.75, 3.05) is 33.4 Å². The molecule has 0 bridgehead atoms. The van der Waals surface area contributed by atoms with Crippen molar-refractivity contribution in [3.05, 3.63) is 65.1 Å². The summed E-state index contributed by atoms with van der Waals surface area (Å²) in [6.45, 7) is 1.17. The molecule has 1 unspecified atom stereocenters. The van der Waals surface area contributed by atoms with Crippen LogP contribution in [0.25, 0.3) is 10.9 Å². The summed E-state index contributed by atoms with van der Waals surface area (Å²) in [6, 6.07) is 11.7. The number of hydrogen-bond acceptors (Lipinski definition) is 5. The summed E-state index contributed by atoms with van der Waals surface area (Å²) in [6.07, 6.45) is 3.88. The molecule has 37 heavy (non-hydrogen) atoms. The number of rotatable bonds is 5. The zero-order valence-electron chi connectivity index (χ0n) is 21.0. The lowest BCUT2D eigenvalue weighted by Crippen LogP contribution is -2.67. The number of aliphatic hydroxyl groups excluding tert-OH is 1. The molecule has 8 heteroatoms. The minimum Gasteiger partial charge on any atom is -0.497 e. The lowest BCUT2D eigenvalue weighted by atomic mass is 9.62. The molecule has 0 radical (unpaired) electrons. The maximum Gasteiger partial charge on any atom is 0.258 e. The Balaban J connectivity index is 1.64. The molecule has 1 atom stereocenters. The molecule has 1 amide bonds. The molecule has 7 nitrogen and oxygen atoms in total. The first-order valence-electron chi connectivity index (χ1n) is 13.1. The third-order valence-electron chi connectivity index (χ3n) is 8.89. The predicted octanol–water partition coefficient (Wildman–Crippen LogP) is 3.65. The van der Waals surface area contributed by atoms with Gasteiger partial charge in [0.1, 0.15) is 11.6 Å². The van der Waals surface area contributed by atoms with Crippen LogP contribution in [0.15, 0.2) is 42.5 Å². The molecular formula is C29H32FN3O4. The zero-order chi connectivity index (χ0) is 25.8. The van der Waals surface area contributed by atoms with Crippen molar-refractivity contribution >= 4 is 22.6 Å². The first-order chi connectivity index (χ1) is 17.9. The molecule has 3 N–H and O–H groups in total. The quantitative estimate of drug-likeness (QED) is 0.492. The van der Waals surface area contributed by atoms with Crippen molar-refractivity contribution < 1.29 is 23.8 Å². The van der Waals surface area contributed by atoms with Crippen LogP contribution in [0.2, 0.25) is 0 Å². The molecule has 1 aromatic heterocycles. The Hall–Kier alpha value is -3.23. The Morgan fingerprint density at radius 3 is 2.57 bits per heavy atom. The zero-order valence-corrected chi connectivity index (χ0v) is 21.0. The normalized spacial score (nSPS) is 23.1. The fourth-order valence-corrected chi connectivity index (χ4v) is 6.66. The Bertz CT molecular complexity index is 1370. The predicted molar refractivity (Wildman–Crippen MR) is 137 cm³/mol. The smallest absolute Gasteiger partial charge is 0.258 e. The highest BCUT2D eigenvalue weighted by atomic mass is 19.1. The molecule has 3 aliphatic rings. The number of piperidine rings is 1. The van der Waals surface area contributed by atoms with Crippen LogP contribution in [0.3, 0.4) is 0 Å². The molecule has 1 aliphatic carbocycles. The van der Waals surface area contributed by atoms with E-state index in [2.05, 4.69) is 10.3 Å². The number of fused-ring (bicyclic) bond motifs is 4. The van der Waals surface area contributed by atoms with Gasteiger partial charge in [0.2, 0.25) is 0 Å². The number of ketones is 1. The number of carbonyl (C=O) groups excluding carboxylic acids is 2. The number of benzene rings is 2. The van der Waals surface area contributed by atoms with Gasteiger partial charge in [0.05, 0.1) is 25.0 Å². The van der Waals surface area contributed by atoms with E-state index in [9.17, 15) is 19.1 Å². The molecule has 3 heterocycles. The second-order valence-corrected chi connectivity index (χ2v) is 10.7. The highest BCUT2D eigenvalue weighted by Crippen LogP contribution is 2.53. The molecule has 194 valence electrons. The minimum absolute atomic E-state index is 0.0907. The second-order valence-electron chi connectivity index (χ2n) is 10.7. The number of H-pyrrole nitrogens is 1. The van der Waals surface area contributed by atoms with E-state index in [-0.39, 0.29) is 23.8 Å². The van der Waals surface area contributed by atoms with Crippen molar-refractivity contribution in [1.29, 1.82) is 0 Å². The van der Waals surface area contributed by atoms with Gasteiger partial charge in [-0.2, -0.15) is 0 Å². The summed E-state index contributed by atoms with van der Waals surface area (Å²) in [5, 5.41) is 15.5. The molecule has 1 saturated carbocycles. The van der Waals surface area contributed by atoms with Gasteiger partial charge in [-0.25, -0.2) is 4.39 Å². The van der Waals surface area contributed by atoms with Gasteiger partial charge in [0, 0.05) is 34.8 Å². The van der Waals surface area contributed by atoms with Crippen LogP contribution >= 0.6 is 0 Å². The van der Waals surface area contributed by atoms with E-state index in [0.29, 0.717) is 11.4 Å².